The molecule has 1 aliphatic rings. The van der Waals surface area contributed by atoms with Crippen molar-refractivity contribution in [1.29, 1.82) is 0 Å². The Kier molecular flexibility index (Phi) is 3.33. The molecule has 1 saturated heterocycles. The third-order valence-electron chi connectivity index (χ3n) is 2.02. The van der Waals surface area contributed by atoms with Gasteiger partial charge in [0, 0.05) is 42.2 Å². The van der Waals surface area contributed by atoms with Crippen LogP contribution in [0.5, 0.6) is 0 Å². The number of carbonyl (C=O) groups excluding carboxylic acids is 1. The molecule has 1 amide bonds. The van der Waals surface area contributed by atoms with Crippen molar-refractivity contribution < 1.29 is 9.53 Å². The summed E-state index contributed by atoms with van der Waals surface area (Å²) in [6, 6.07) is 0.357. The number of nitrogens with zero attached hydrogens (tertiary/aromatic N) is 1. The van der Waals surface area contributed by atoms with Gasteiger partial charge in [0.15, 0.2) is 0 Å². The Hall–Kier alpha value is -0.0900. The van der Waals surface area contributed by atoms with Crippen molar-refractivity contribution in [3.63, 3.8) is 0 Å². The Bertz CT molecular complexity index is 145. The SMILES string of the molecule is CN(C(=O)Br)C1CCOCC1. The third-order valence-corrected chi connectivity index (χ3v) is 2.58. The van der Waals surface area contributed by atoms with Crippen LogP contribution in [-0.4, -0.2) is 36.0 Å². The highest BCUT2D eigenvalue weighted by atomic mass is 79.9. The number of carbonyl (C=O) groups is 1. The lowest BCUT2D eigenvalue weighted by atomic mass is 10.1. The quantitative estimate of drug-likeness (QED) is 0.498. The summed E-state index contributed by atoms with van der Waals surface area (Å²) in [6.45, 7) is 1.55. The second-order valence-corrected chi connectivity index (χ2v) is 3.39. The van der Waals surface area contributed by atoms with Gasteiger partial charge in [-0.05, 0) is 12.8 Å². The Morgan fingerprint density at radius 1 is 1.55 bits per heavy atom. The molecule has 0 spiro atoms. The van der Waals surface area contributed by atoms with Gasteiger partial charge < -0.3 is 9.64 Å². The van der Waals surface area contributed by atoms with Gasteiger partial charge in [0.25, 0.3) is 4.82 Å². The smallest absolute Gasteiger partial charge is 0.289 e. The number of rotatable bonds is 1. The van der Waals surface area contributed by atoms with E-state index in [1.165, 1.54) is 0 Å². The first-order valence-electron chi connectivity index (χ1n) is 3.72. The standard InChI is InChI=1S/C7H12BrNO2/c1-9(7(8)10)6-2-4-11-5-3-6/h6H,2-5H2,1H3. The van der Waals surface area contributed by atoms with Crippen molar-refractivity contribution in [2.45, 2.75) is 18.9 Å². The van der Waals surface area contributed by atoms with Crippen molar-refractivity contribution in [3.8, 4) is 0 Å². The van der Waals surface area contributed by atoms with E-state index in [-0.39, 0.29) is 4.82 Å². The van der Waals surface area contributed by atoms with E-state index in [1.807, 2.05) is 7.05 Å². The van der Waals surface area contributed by atoms with Crippen molar-refractivity contribution in [3.05, 3.63) is 0 Å². The molecule has 3 nitrogen and oxygen atoms in total. The predicted molar refractivity (Wildman–Crippen MR) is 45.9 cm³/mol. The number of hydrogen-bond donors (Lipinski definition) is 0. The fourth-order valence-corrected chi connectivity index (χ4v) is 1.51. The average molecular weight is 222 g/mol. The number of ether oxygens (including phenoxy) is 1. The molecule has 0 aromatic carbocycles. The Labute approximate surface area is 74.8 Å². The summed E-state index contributed by atoms with van der Waals surface area (Å²) in [5, 5.41) is 0. The van der Waals surface area contributed by atoms with Gasteiger partial charge in [0.2, 0.25) is 0 Å². The molecule has 64 valence electrons. The zero-order valence-electron chi connectivity index (χ0n) is 6.55. The van der Waals surface area contributed by atoms with Crippen LogP contribution in [0.3, 0.4) is 0 Å². The lowest BCUT2D eigenvalue weighted by molar-refractivity contribution is 0.0562. The monoisotopic (exact) mass is 221 g/mol. The predicted octanol–water partition coefficient (Wildman–Crippen LogP) is 1.61. The molecular weight excluding hydrogens is 210 g/mol. The Morgan fingerprint density at radius 3 is 2.55 bits per heavy atom. The molecule has 0 aromatic rings. The van der Waals surface area contributed by atoms with Crippen LogP contribution < -0.4 is 0 Å². The Balaban J connectivity index is 2.38. The molecule has 4 heteroatoms. The molecule has 1 heterocycles. The summed E-state index contributed by atoms with van der Waals surface area (Å²) < 4.78 is 5.18. The summed E-state index contributed by atoms with van der Waals surface area (Å²) in [6.07, 6.45) is 1.90. The zero-order valence-corrected chi connectivity index (χ0v) is 8.13. The molecule has 0 aromatic heterocycles. The average Bonchev–Trinajstić information content (AvgIpc) is 2.05. The van der Waals surface area contributed by atoms with Gasteiger partial charge in [-0.1, -0.05) is 0 Å². The van der Waals surface area contributed by atoms with Crippen LogP contribution in [0, 0.1) is 0 Å². The lowest BCUT2D eigenvalue weighted by Crippen LogP contribution is -2.37. The van der Waals surface area contributed by atoms with Gasteiger partial charge in [0.05, 0.1) is 0 Å². The zero-order chi connectivity index (χ0) is 8.27. The van der Waals surface area contributed by atoms with Gasteiger partial charge in [-0.25, -0.2) is 0 Å². The van der Waals surface area contributed by atoms with Gasteiger partial charge in [0.1, 0.15) is 0 Å². The molecule has 1 aliphatic heterocycles. The molecule has 0 saturated carbocycles. The molecule has 0 N–H and O–H groups in total. The van der Waals surface area contributed by atoms with Gasteiger partial charge in [-0.15, -0.1) is 0 Å². The van der Waals surface area contributed by atoms with Crippen molar-refractivity contribution >= 4 is 20.7 Å². The van der Waals surface area contributed by atoms with Crippen LogP contribution in [0.25, 0.3) is 0 Å². The van der Waals surface area contributed by atoms with Crippen LogP contribution in [0.1, 0.15) is 12.8 Å². The van der Waals surface area contributed by atoms with Crippen LogP contribution in [0.4, 0.5) is 4.79 Å². The summed E-state index contributed by atoms with van der Waals surface area (Å²) >= 11 is 2.92. The Morgan fingerprint density at radius 2 is 2.09 bits per heavy atom. The molecule has 0 unspecified atom stereocenters. The lowest BCUT2D eigenvalue weighted by Gasteiger charge is -2.29. The first-order chi connectivity index (χ1) is 5.22. The highest BCUT2D eigenvalue weighted by Gasteiger charge is 2.20. The molecule has 1 fully saturated rings. The number of halogens is 1. The van der Waals surface area contributed by atoms with Gasteiger partial charge in [-0.2, -0.15) is 0 Å². The molecule has 0 aliphatic carbocycles. The number of amides is 1. The fourth-order valence-electron chi connectivity index (χ4n) is 1.22. The summed E-state index contributed by atoms with van der Waals surface area (Å²) in [7, 11) is 1.81. The van der Waals surface area contributed by atoms with Crippen molar-refractivity contribution in [1.82, 2.24) is 4.90 Å². The second-order valence-electron chi connectivity index (χ2n) is 2.71. The van der Waals surface area contributed by atoms with Crippen LogP contribution in [0.15, 0.2) is 0 Å². The minimum absolute atomic E-state index is 0.0376. The largest absolute Gasteiger partial charge is 0.381 e. The highest BCUT2D eigenvalue weighted by molar-refractivity contribution is 9.18. The van der Waals surface area contributed by atoms with E-state index in [1.54, 1.807) is 4.90 Å². The maximum Gasteiger partial charge on any atom is 0.289 e. The molecule has 0 atom stereocenters. The molecule has 0 bridgehead atoms. The second kappa shape index (κ2) is 4.07. The summed E-state index contributed by atoms with van der Waals surface area (Å²) in [5.41, 5.74) is 0. The van der Waals surface area contributed by atoms with Crippen LogP contribution >= 0.6 is 15.9 Å². The van der Waals surface area contributed by atoms with Crippen LogP contribution in [-0.2, 0) is 4.74 Å². The van der Waals surface area contributed by atoms with Crippen molar-refractivity contribution in [2.75, 3.05) is 20.3 Å². The van der Waals surface area contributed by atoms with E-state index in [9.17, 15) is 4.79 Å². The first kappa shape index (κ1) is 9.00. The molecule has 0 radical (unpaired) electrons. The van der Waals surface area contributed by atoms with Crippen LogP contribution in [0.2, 0.25) is 0 Å². The molecular formula is C7H12BrNO2. The van der Waals surface area contributed by atoms with Gasteiger partial charge >= 0.3 is 0 Å². The van der Waals surface area contributed by atoms with Crippen molar-refractivity contribution in [2.24, 2.45) is 0 Å². The van der Waals surface area contributed by atoms with E-state index in [4.69, 9.17) is 4.74 Å². The minimum atomic E-state index is -0.0376. The van der Waals surface area contributed by atoms with E-state index >= 15 is 0 Å². The maximum atomic E-state index is 10.8. The number of hydrogen-bond acceptors (Lipinski definition) is 2. The first-order valence-corrected chi connectivity index (χ1v) is 4.51. The summed E-state index contributed by atoms with van der Waals surface area (Å²) in [5.74, 6) is 0. The molecule has 1 rings (SSSR count). The van der Waals surface area contributed by atoms with Gasteiger partial charge in [-0.3, -0.25) is 4.79 Å². The molecule has 11 heavy (non-hydrogen) atoms. The minimum Gasteiger partial charge on any atom is -0.381 e. The van der Waals surface area contributed by atoms with E-state index in [0.717, 1.165) is 26.1 Å². The third kappa shape index (κ3) is 2.45. The van der Waals surface area contributed by atoms with E-state index in [2.05, 4.69) is 15.9 Å². The summed E-state index contributed by atoms with van der Waals surface area (Å²) in [4.78, 5) is 12.5. The normalized spacial score (nSPS) is 19.8. The maximum absolute atomic E-state index is 10.8. The fraction of sp³-hybridized carbons (Fsp3) is 0.857. The van der Waals surface area contributed by atoms with E-state index < -0.39 is 0 Å². The topological polar surface area (TPSA) is 29.5 Å². The highest BCUT2D eigenvalue weighted by Crippen LogP contribution is 2.14. The van der Waals surface area contributed by atoms with E-state index in [0.29, 0.717) is 6.04 Å².